The molecule has 21 heavy (non-hydrogen) atoms. The molecule has 2 aromatic rings. The van der Waals surface area contributed by atoms with Gasteiger partial charge in [-0.2, -0.15) is 17.9 Å². The quantitative estimate of drug-likeness (QED) is 0.819. The highest BCUT2D eigenvalue weighted by Crippen LogP contribution is 2.18. The highest BCUT2D eigenvalue weighted by atomic mass is 32.2. The Hall–Kier alpha value is -1.28. The second-order valence-electron chi connectivity index (χ2n) is 4.59. The number of nitrogens with one attached hydrogen (secondary N) is 2. The molecule has 2 N–H and O–H groups in total. The molecule has 7 heteroatoms. The van der Waals surface area contributed by atoms with Gasteiger partial charge in [0, 0.05) is 18.0 Å². The molecule has 0 radical (unpaired) electrons. The van der Waals surface area contributed by atoms with Gasteiger partial charge in [-0.3, -0.25) is 0 Å². The standard InChI is InChI=1S/C14H19N3O2S2/c1-3-13-14(20-11(2)17-13)10-16-21(18,19)15-9-12-7-5-4-6-8-12/h4-8,15-16H,3,9-10H2,1-2H3. The second-order valence-corrected chi connectivity index (χ2v) is 7.46. The Morgan fingerprint density at radius 1 is 1.14 bits per heavy atom. The first-order valence-electron chi connectivity index (χ1n) is 6.73. The number of thiazole rings is 1. The molecule has 0 aliphatic heterocycles. The van der Waals surface area contributed by atoms with Crippen molar-refractivity contribution in [1.82, 2.24) is 14.4 Å². The Morgan fingerprint density at radius 3 is 2.48 bits per heavy atom. The number of rotatable bonds is 7. The van der Waals surface area contributed by atoms with Gasteiger partial charge in [0.2, 0.25) is 0 Å². The molecule has 0 unspecified atom stereocenters. The van der Waals surface area contributed by atoms with Crippen molar-refractivity contribution in [2.75, 3.05) is 0 Å². The zero-order valence-electron chi connectivity index (χ0n) is 12.1. The summed E-state index contributed by atoms with van der Waals surface area (Å²) >= 11 is 1.53. The van der Waals surface area contributed by atoms with Crippen molar-refractivity contribution >= 4 is 21.5 Å². The molecule has 0 saturated heterocycles. The molecule has 1 aromatic heterocycles. The first kappa shape index (κ1) is 16.1. The van der Waals surface area contributed by atoms with E-state index in [2.05, 4.69) is 14.4 Å². The second kappa shape index (κ2) is 7.13. The van der Waals surface area contributed by atoms with E-state index in [4.69, 9.17) is 0 Å². The van der Waals surface area contributed by atoms with Gasteiger partial charge in [0.1, 0.15) is 0 Å². The van der Waals surface area contributed by atoms with Crippen LogP contribution in [-0.2, 0) is 29.7 Å². The van der Waals surface area contributed by atoms with Crippen LogP contribution in [0.4, 0.5) is 0 Å². The number of hydrogen-bond acceptors (Lipinski definition) is 4. The first-order chi connectivity index (χ1) is 10.00. The van der Waals surface area contributed by atoms with Crippen molar-refractivity contribution in [3.63, 3.8) is 0 Å². The van der Waals surface area contributed by atoms with Crippen molar-refractivity contribution in [3.05, 3.63) is 51.5 Å². The monoisotopic (exact) mass is 325 g/mol. The Bertz CT molecular complexity index is 681. The van der Waals surface area contributed by atoms with E-state index in [0.717, 1.165) is 27.6 Å². The van der Waals surface area contributed by atoms with E-state index in [1.165, 1.54) is 11.3 Å². The summed E-state index contributed by atoms with van der Waals surface area (Å²) in [5.41, 5.74) is 1.88. The van der Waals surface area contributed by atoms with Gasteiger partial charge in [-0.25, -0.2) is 4.98 Å². The van der Waals surface area contributed by atoms with E-state index >= 15 is 0 Å². The predicted octanol–water partition coefficient (Wildman–Crippen LogP) is 2.14. The molecule has 0 spiro atoms. The normalized spacial score (nSPS) is 11.7. The highest BCUT2D eigenvalue weighted by molar-refractivity contribution is 7.87. The average molecular weight is 325 g/mol. The number of aryl methyl sites for hydroxylation is 2. The van der Waals surface area contributed by atoms with Crippen molar-refractivity contribution in [3.8, 4) is 0 Å². The zero-order chi connectivity index (χ0) is 15.3. The molecule has 0 saturated carbocycles. The molecule has 0 aliphatic rings. The Morgan fingerprint density at radius 2 is 1.81 bits per heavy atom. The van der Waals surface area contributed by atoms with E-state index in [1.807, 2.05) is 44.2 Å². The maximum atomic E-state index is 11.9. The van der Waals surface area contributed by atoms with Gasteiger partial charge in [0.05, 0.1) is 10.7 Å². The molecule has 1 aromatic carbocycles. The van der Waals surface area contributed by atoms with Gasteiger partial charge >= 0.3 is 0 Å². The minimum Gasteiger partial charge on any atom is -0.246 e. The van der Waals surface area contributed by atoms with Gasteiger partial charge in [0.25, 0.3) is 10.2 Å². The van der Waals surface area contributed by atoms with Crippen LogP contribution in [0.2, 0.25) is 0 Å². The van der Waals surface area contributed by atoms with Gasteiger partial charge < -0.3 is 0 Å². The minimum atomic E-state index is -3.51. The van der Waals surface area contributed by atoms with E-state index in [1.54, 1.807) is 0 Å². The number of aromatic nitrogens is 1. The lowest BCUT2D eigenvalue weighted by Gasteiger charge is -2.08. The fourth-order valence-corrected chi connectivity index (χ4v) is 3.76. The third-order valence-corrected chi connectivity index (χ3v) is 5.01. The van der Waals surface area contributed by atoms with Crippen LogP contribution in [0.3, 0.4) is 0 Å². The van der Waals surface area contributed by atoms with Crippen molar-refractivity contribution in [1.29, 1.82) is 0 Å². The average Bonchev–Trinajstić information content (AvgIpc) is 2.85. The summed E-state index contributed by atoms with van der Waals surface area (Å²) < 4.78 is 29.0. The van der Waals surface area contributed by atoms with E-state index in [-0.39, 0.29) is 13.1 Å². The van der Waals surface area contributed by atoms with Gasteiger partial charge in [-0.05, 0) is 18.9 Å². The summed E-state index contributed by atoms with van der Waals surface area (Å²) in [7, 11) is -3.51. The minimum absolute atomic E-state index is 0.276. The van der Waals surface area contributed by atoms with E-state index < -0.39 is 10.2 Å². The molecule has 2 rings (SSSR count). The van der Waals surface area contributed by atoms with Gasteiger partial charge in [-0.15, -0.1) is 11.3 Å². The number of benzene rings is 1. The smallest absolute Gasteiger partial charge is 0.246 e. The highest BCUT2D eigenvalue weighted by Gasteiger charge is 2.12. The Labute approximate surface area is 129 Å². The van der Waals surface area contributed by atoms with Crippen LogP contribution in [0.1, 0.15) is 28.1 Å². The van der Waals surface area contributed by atoms with Crippen LogP contribution in [0.15, 0.2) is 30.3 Å². The third kappa shape index (κ3) is 4.89. The van der Waals surface area contributed by atoms with Crippen LogP contribution >= 0.6 is 11.3 Å². The molecule has 5 nitrogen and oxygen atoms in total. The van der Waals surface area contributed by atoms with Crippen LogP contribution in [0.5, 0.6) is 0 Å². The summed E-state index contributed by atoms with van der Waals surface area (Å²) in [5.74, 6) is 0. The maximum absolute atomic E-state index is 11.9. The molecule has 0 atom stereocenters. The maximum Gasteiger partial charge on any atom is 0.277 e. The summed E-state index contributed by atoms with van der Waals surface area (Å²) in [6.45, 7) is 4.49. The molecule has 1 heterocycles. The first-order valence-corrected chi connectivity index (χ1v) is 9.03. The molecule has 0 amide bonds. The van der Waals surface area contributed by atoms with Crippen LogP contribution in [-0.4, -0.2) is 13.4 Å². The topological polar surface area (TPSA) is 71.1 Å². The van der Waals surface area contributed by atoms with Gasteiger partial charge in [0.15, 0.2) is 0 Å². The summed E-state index contributed by atoms with van der Waals surface area (Å²) in [4.78, 5) is 5.36. The molecule has 0 fully saturated rings. The molecule has 0 aliphatic carbocycles. The van der Waals surface area contributed by atoms with Crippen molar-refractivity contribution < 1.29 is 8.42 Å². The van der Waals surface area contributed by atoms with Crippen molar-refractivity contribution in [2.24, 2.45) is 0 Å². The van der Waals surface area contributed by atoms with Crippen LogP contribution in [0, 0.1) is 6.92 Å². The molecule has 114 valence electrons. The summed E-state index contributed by atoms with van der Waals surface area (Å²) in [6, 6.07) is 9.42. The largest absolute Gasteiger partial charge is 0.277 e. The van der Waals surface area contributed by atoms with Crippen molar-refractivity contribution in [2.45, 2.75) is 33.4 Å². The fourth-order valence-electron chi connectivity index (χ4n) is 1.91. The number of nitrogens with zero attached hydrogens (tertiary/aromatic N) is 1. The van der Waals surface area contributed by atoms with E-state index in [0.29, 0.717) is 0 Å². The summed E-state index contributed by atoms with van der Waals surface area (Å²) in [6.07, 6.45) is 0.804. The fraction of sp³-hybridized carbons (Fsp3) is 0.357. The van der Waals surface area contributed by atoms with Crippen LogP contribution < -0.4 is 9.44 Å². The van der Waals surface area contributed by atoms with Crippen LogP contribution in [0.25, 0.3) is 0 Å². The molecular weight excluding hydrogens is 306 g/mol. The molecular formula is C14H19N3O2S2. The third-order valence-electron chi connectivity index (χ3n) is 2.95. The molecule has 0 bridgehead atoms. The van der Waals surface area contributed by atoms with Gasteiger partial charge in [-0.1, -0.05) is 37.3 Å². The zero-order valence-corrected chi connectivity index (χ0v) is 13.7. The lowest BCUT2D eigenvalue weighted by Crippen LogP contribution is -2.35. The predicted molar refractivity (Wildman–Crippen MR) is 85.3 cm³/mol. The Balaban J connectivity index is 1.92. The van der Waals surface area contributed by atoms with E-state index in [9.17, 15) is 8.42 Å². The lowest BCUT2D eigenvalue weighted by atomic mass is 10.2. The SMILES string of the molecule is CCc1nc(C)sc1CNS(=O)(=O)NCc1ccccc1. The number of hydrogen-bond donors (Lipinski definition) is 2. The lowest BCUT2D eigenvalue weighted by molar-refractivity contribution is 0.566. The Kier molecular flexibility index (Phi) is 5.46. The summed E-state index contributed by atoms with van der Waals surface area (Å²) in [5, 5.41) is 0.957.